The average molecular weight is 456 g/mol. The van der Waals surface area contributed by atoms with Crippen molar-refractivity contribution in [2.24, 2.45) is 0 Å². The van der Waals surface area contributed by atoms with Gasteiger partial charge in [-0.3, -0.25) is 0 Å². The molecular weight excluding hydrogens is 440 g/mol. The summed E-state index contributed by atoms with van der Waals surface area (Å²) in [4.78, 5) is 24.4. The Morgan fingerprint density at radius 2 is 1.04 bits per heavy atom. The van der Waals surface area contributed by atoms with E-state index in [1.54, 1.807) is 48.5 Å². The minimum absolute atomic E-state index is 0.351. The van der Waals surface area contributed by atoms with Gasteiger partial charge in [0.05, 0.1) is 11.1 Å². The summed E-state index contributed by atoms with van der Waals surface area (Å²) in [6, 6.07) is 17.4. The molecule has 2 aromatic carbocycles. The second-order valence-corrected chi connectivity index (χ2v) is 6.22. The van der Waals surface area contributed by atoms with Crippen LogP contribution in [0.4, 0.5) is 0 Å². The number of hydrogen-bond donors (Lipinski definition) is 0. The lowest BCUT2D eigenvalue weighted by Crippen LogP contribution is -2.37. The van der Waals surface area contributed by atoms with E-state index in [0.717, 1.165) is 0 Å². The smallest absolute Gasteiger partial charge is 0.338 e. The number of carbonyl (C=O) groups is 2. The van der Waals surface area contributed by atoms with E-state index in [9.17, 15) is 9.59 Å². The van der Waals surface area contributed by atoms with Crippen LogP contribution in [0.2, 0.25) is 0 Å². The Morgan fingerprint density at radius 3 is 1.33 bits per heavy atom. The third-order valence-corrected chi connectivity index (χ3v) is 4.53. The summed E-state index contributed by atoms with van der Waals surface area (Å²) in [7, 11) is 0. The molecule has 4 nitrogen and oxygen atoms in total. The maximum atomic E-state index is 12.2. The number of carbonyl (C=O) groups excluding carboxylic acids is 2. The van der Waals surface area contributed by atoms with Crippen LogP contribution in [-0.2, 0) is 9.47 Å². The first-order valence-corrected chi connectivity index (χ1v) is 9.54. The number of esters is 2. The third kappa shape index (κ3) is 5.18. The van der Waals surface area contributed by atoms with Crippen molar-refractivity contribution in [1.82, 2.24) is 0 Å². The third-order valence-electron chi connectivity index (χ3n) is 3.25. The van der Waals surface area contributed by atoms with Gasteiger partial charge in [0.15, 0.2) is 0 Å². The molecule has 2 atom stereocenters. The molecule has 0 aliphatic heterocycles. The Morgan fingerprint density at radius 1 is 0.708 bits per heavy atom. The Labute approximate surface area is 157 Å². The number of benzene rings is 2. The summed E-state index contributed by atoms with van der Waals surface area (Å²) in [6.45, 7) is 0. The molecule has 0 spiro atoms. The molecule has 0 radical (unpaired) electrons. The number of alkyl halides is 2. The molecule has 0 aliphatic rings. The maximum absolute atomic E-state index is 12.2. The quantitative estimate of drug-likeness (QED) is 0.463. The normalized spacial score (nSPS) is 12.9. The standard InChI is InChI=1S/C18H16Br2O4/c19-11-15(23-17(21)13-7-3-1-4-8-13)16(12-20)24-18(22)14-9-5-2-6-10-14/h1-10,15-16H,11-12H2/t15-,16-/m0/s1. The van der Waals surface area contributed by atoms with Gasteiger partial charge in [0.1, 0.15) is 12.2 Å². The van der Waals surface area contributed by atoms with Crippen molar-refractivity contribution in [3.63, 3.8) is 0 Å². The predicted octanol–water partition coefficient (Wildman–Crippen LogP) is 4.23. The molecule has 0 bridgehead atoms. The van der Waals surface area contributed by atoms with E-state index >= 15 is 0 Å². The molecule has 0 amide bonds. The molecule has 0 saturated carbocycles. The minimum Gasteiger partial charge on any atom is -0.454 e. The molecule has 2 aromatic rings. The highest BCUT2D eigenvalue weighted by Crippen LogP contribution is 2.15. The minimum atomic E-state index is -0.607. The van der Waals surface area contributed by atoms with Gasteiger partial charge in [-0.25, -0.2) is 9.59 Å². The van der Waals surface area contributed by atoms with Gasteiger partial charge in [-0.15, -0.1) is 0 Å². The Balaban J connectivity index is 2.03. The highest BCUT2D eigenvalue weighted by molar-refractivity contribution is 9.09. The summed E-state index contributed by atoms with van der Waals surface area (Å²) >= 11 is 6.63. The summed E-state index contributed by atoms with van der Waals surface area (Å²) in [6.07, 6.45) is -1.21. The Bertz CT molecular complexity index is 602. The van der Waals surface area contributed by atoms with Gasteiger partial charge >= 0.3 is 11.9 Å². The molecule has 6 heteroatoms. The SMILES string of the molecule is O=C(O[C@@H](CBr)[C@H](CBr)OC(=O)c1ccccc1)c1ccccc1. The van der Waals surface area contributed by atoms with Crippen molar-refractivity contribution in [3.8, 4) is 0 Å². The lowest BCUT2D eigenvalue weighted by Gasteiger charge is -2.24. The second kappa shape index (κ2) is 9.59. The average Bonchev–Trinajstić information content (AvgIpc) is 2.65. The monoisotopic (exact) mass is 454 g/mol. The van der Waals surface area contributed by atoms with Crippen LogP contribution in [0.1, 0.15) is 20.7 Å². The predicted molar refractivity (Wildman–Crippen MR) is 98.9 cm³/mol. The van der Waals surface area contributed by atoms with E-state index in [0.29, 0.717) is 21.8 Å². The number of ether oxygens (including phenoxy) is 2. The zero-order valence-electron chi connectivity index (χ0n) is 12.7. The molecule has 0 N–H and O–H groups in total. The first kappa shape index (κ1) is 18.7. The van der Waals surface area contributed by atoms with E-state index in [4.69, 9.17) is 9.47 Å². The van der Waals surface area contributed by atoms with Crippen LogP contribution in [0, 0.1) is 0 Å². The van der Waals surface area contributed by atoms with Crippen LogP contribution in [-0.4, -0.2) is 34.8 Å². The van der Waals surface area contributed by atoms with E-state index in [2.05, 4.69) is 31.9 Å². The van der Waals surface area contributed by atoms with Gasteiger partial charge in [-0.05, 0) is 24.3 Å². The van der Waals surface area contributed by atoms with Crippen molar-refractivity contribution in [2.45, 2.75) is 12.2 Å². The largest absolute Gasteiger partial charge is 0.454 e. The van der Waals surface area contributed by atoms with Crippen LogP contribution in [0.3, 0.4) is 0 Å². The van der Waals surface area contributed by atoms with Crippen LogP contribution in [0.25, 0.3) is 0 Å². The fourth-order valence-electron chi connectivity index (χ4n) is 1.97. The highest BCUT2D eigenvalue weighted by Gasteiger charge is 2.28. The van der Waals surface area contributed by atoms with Gasteiger partial charge in [-0.1, -0.05) is 68.3 Å². The van der Waals surface area contributed by atoms with Crippen LogP contribution < -0.4 is 0 Å². The zero-order chi connectivity index (χ0) is 17.4. The van der Waals surface area contributed by atoms with Crippen LogP contribution >= 0.6 is 31.9 Å². The topological polar surface area (TPSA) is 52.6 Å². The Kier molecular flexibility index (Phi) is 7.46. The molecular formula is C18H16Br2O4. The van der Waals surface area contributed by atoms with E-state index in [1.807, 2.05) is 12.1 Å². The molecule has 24 heavy (non-hydrogen) atoms. The lowest BCUT2D eigenvalue weighted by molar-refractivity contribution is -0.0202. The van der Waals surface area contributed by atoms with Crippen molar-refractivity contribution >= 4 is 43.8 Å². The molecule has 0 aromatic heterocycles. The van der Waals surface area contributed by atoms with E-state index < -0.39 is 24.1 Å². The fraction of sp³-hybridized carbons (Fsp3) is 0.222. The number of rotatable bonds is 7. The molecule has 0 fully saturated rings. The maximum Gasteiger partial charge on any atom is 0.338 e. The molecule has 126 valence electrons. The fourth-order valence-corrected chi connectivity index (χ4v) is 3.07. The van der Waals surface area contributed by atoms with Gasteiger partial charge in [0.2, 0.25) is 0 Å². The molecule has 0 unspecified atom stereocenters. The number of halogens is 2. The van der Waals surface area contributed by atoms with Gasteiger partial charge < -0.3 is 9.47 Å². The first-order valence-electron chi connectivity index (χ1n) is 7.29. The summed E-state index contributed by atoms with van der Waals surface area (Å²) < 4.78 is 11.0. The zero-order valence-corrected chi connectivity index (χ0v) is 15.9. The lowest BCUT2D eigenvalue weighted by atomic mass is 10.2. The van der Waals surface area contributed by atoms with Gasteiger partial charge in [0.25, 0.3) is 0 Å². The van der Waals surface area contributed by atoms with E-state index in [1.165, 1.54) is 0 Å². The van der Waals surface area contributed by atoms with Crippen LogP contribution in [0.15, 0.2) is 60.7 Å². The summed E-state index contributed by atoms with van der Waals surface area (Å²) in [5.41, 5.74) is 0.900. The van der Waals surface area contributed by atoms with Gasteiger partial charge in [-0.2, -0.15) is 0 Å². The number of hydrogen-bond acceptors (Lipinski definition) is 4. The molecule has 0 aliphatic carbocycles. The van der Waals surface area contributed by atoms with Crippen molar-refractivity contribution < 1.29 is 19.1 Å². The molecule has 2 rings (SSSR count). The Hall–Kier alpha value is -1.66. The molecule has 0 heterocycles. The summed E-state index contributed by atoms with van der Waals surface area (Å²) in [5, 5.41) is 0.702. The van der Waals surface area contributed by atoms with Crippen molar-refractivity contribution in [1.29, 1.82) is 0 Å². The molecule has 0 saturated heterocycles. The van der Waals surface area contributed by atoms with Crippen LogP contribution in [0.5, 0.6) is 0 Å². The second-order valence-electron chi connectivity index (χ2n) is 4.93. The highest BCUT2D eigenvalue weighted by atomic mass is 79.9. The van der Waals surface area contributed by atoms with Crippen molar-refractivity contribution in [3.05, 3.63) is 71.8 Å². The van der Waals surface area contributed by atoms with E-state index in [-0.39, 0.29) is 0 Å². The van der Waals surface area contributed by atoms with Crippen molar-refractivity contribution in [2.75, 3.05) is 10.7 Å². The van der Waals surface area contributed by atoms with Gasteiger partial charge in [0, 0.05) is 10.7 Å². The summed E-state index contributed by atoms with van der Waals surface area (Å²) in [5.74, 6) is -0.913. The first-order chi connectivity index (χ1) is 11.7.